The molecule has 0 aliphatic rings. The molecule has 17 heavy (non-hydrogen) atoms. The maximum absolute atomic E-state index is 11.3. The Morgan fingerprint density at radius 1 is 1.59 bits per heavy atom. The fourth-order valence-corrected chi connectivity index (χ4v) is 2.91. The van der Waals surface area contributed by atoms with E-state index in [4.69, 9.17) is 4.74 Å². The van der Waals surface area contributed by atoms with Gasteiger partial charge in [0.1, 0.15) is 5.60 Å². The predicted octanol–water partition coefficient (Wildman–Crippen LogP) is 3.07. The third kappa shape index (κ3) is 6.53. The number of hydrogen-bond donors (Lipinski definition) is 1. The molecule has 1 rings (SSSR count). The minimum absolute atomic E-state index is 0.362. The molecule has 4 nitrogen and oxygen atoms in total. The predicted molar refractivity (Wildman–Crippen MR) is 71.8 cm³/mol. The lowest BCUT2D eigenvalue weighted by Crippen LogP contribution is -2.33. The molecule has 0 saturated carbocycles. The van der Waals surface area contributed by atoms with Crippen LogP contribution in [0.15, 0.2) is 10.4 Å². The molecule has 0 atom stereocenters. The van der Waals surface area contributed by atoms with Crippen LogP contribution in [0.2, 0.25) is 0 Å². The Bertz CT molecular complexity index is 372. The maximum Gasteiger partial charge on any atom is 0.407 e. The number of carbonyl (C=O) groups is 1. The normalized spacial score (nSPS) is 11.3. The van der Waals surface area contributed by atoms with E-state index in [1.807, 2.05) is 33.9 Å². The maximum atomic E-state index is 11.3. The molecule has 0 aliphatic carbocycles. The third-order valence-electron chi connectivity index (χ3n) is 1.61. The summed E-state index contributed by atoms with van der Waals surface area (Å²) < 4.78 is 6.30. The van der Waals surface area contributed by atoms with Crippen molar-refractivity contribution < 1.29 is 9.53 Å². The van der Waals surface area contributed by atoms with Gasteiger partial charge >= 0.3 is 6.09 Å². The van der Waals surface area contributed by atoms with E-state index >= 15 is 0 Å². The van der Waals surface area contributed by atoms with E-state index in [2.05, 4.69) is 10.3 Å². The van der Waals surface area contributed by atoms with Gasteiger partial charge in [0.05, 0.1) is 15.4 Å². The summed E-state index contributed by atoms with van der Waals surface area (Å²) in [5.41, 5.74) is -0.438. The fourth-order valence-electron chi connectivity index (χ4n) is 1.03. The number of alkyl carbamates (subject to hydrolysis) is 1. The van der Waals surface area contributed by atoms with E-state index in [9.17, 15) is 4.79 Å². The molecule has 0 fully saturated rings. The first-order valence-electron chi connectivity index (χ1n) is 5.39. The van der Waals surface area contributed by atoms with Crippen LogP contribution in [0.5, 0.6) is 0 Å². The molecule has 0 unspecified atom stereocenters. The summed E-state index contributed by atoms with van der Waals surface area (Å²) in [7, 11) is 0. The Labute approximate surface area is 110 Å². The van der Waals surface area contributed by atoms with Crippen LogP contribution in [0.1, 0.15) is 25.8 Å². The standard InChI is InChI=1S/C11H18N2O2S2/c1-8-13-7-9(17-8)16-6-5-12-10(14)15-11(2,3)4/h7H,5-6H2,1-4H3,(H,12,14). The first kappa shape index (κ1) is 14.3. The van der Waals surface area contributed by atoms with Crippen LogP contribution >= 0.6 is 23.1 Å². The second-order valence-electron chi connectivity index (χ2n) is 4.48. The van der Waals surface area contributed by atoms with E-state index in [0.29, 0.717) is 6.54 Å². The zero-order valence-corrected chi connectivity index (χ0v) is 12.2. The highest BCUT2D eigenvalue weighted by Crippen LogP contribution is 2.23. The summed E-state index contributed by atoms with van der Waals surface area (Å²) in [4.78, 5) is 15.5. The molecule has 1 aromatic heterocycles. The number of amides is 1. The van der Waals surface area contributed by atoms with Gasteiger partial charge in [-0.15, -0.1) is 23.1 Å². The van der Waals surface area contributed by atoms with E-state index in [1.54, 1.807) is 23.1 Å². The summed E-state index contributed by atoms with van der Waals surface area (Å²) in [5.74, 6) is 0.820. The second kappa shape index (κ2) is 6.26. The average molecular weight is 274 g/mol. The molecule has 0 aromatic carbocycles. The molecule has 0 bridgehead atoms. The Balaban J connectivity index is 2.14. The van der Waals surface area contributed by atoms with Crippen molar-refractivity contribution in [2.24, 2.45) is 0 Å². The van der Waals surface area contributed by atoms with Crippen LogP contribution in [0.4, 0.5) is 4.79 Å². The highest BCUT2D eigenvalue weighted by molar-refractivity contribution is 8.01. The molecule has 6 heteroatoms. The number of aryl methyl sites for hydroxylation is 1. The summed E-state index contributed by atoms with van der Waals surface area (Å²) in [6.07, 6.45) is 1.50. The number of thioether (sulfide) groups is 1. The molecule has 96 valence electrons. The average Bonchev–Trinajstić information content (AvgIpc) is 2.56. The number of carbonyl (C=O) groups excluding carboxylic acids is 1. The van der Waals surface area contributed by atoms with Crippen LogP contribution in [-0.4, -0.2) is 29.0 Å². The van der Waals surface area contributed by atoms with Crippen LogP contribution in [0, 0.1) is 6.92 Å². The van der Waals surface area contributed by atoms with Crippen molar-refractivity contribution in [3.05, 3.63) is 11.2 Å². The summed E-state index contributed by atoms with van der Waals surface area (Å²) in [6.45, 7) is 8.12. The lowest BCUT2D eigenvalue weighted by molar-refractivity contribution is 0.0531. The molecule has 1 N–H and O–H groups in total. The van der Waals surface area contributed by atoms with E-state index in [-0.39, 0.29) is 6.09 Å². The van der Waals surface area contributed by atoms with Gasteiger partial charge in [-0.2, -0.15) is 0 Å². The zero-order chi connectivity index (χ0) is 12.9. The lowest BCUT2D eigenvalue weighted by atomic mass is 10.2. The van der Waals surface area contributed by atoms with Gasteiger partial charge in [-0.1, -0.05) is 0 Å². The number of nitrogens with zero attached hydrogens (tertiary/aromatic N) is 1. The van der Waals surface area contributed by atoms with E-state index in [1.165, 1.54) is 4.21 Å². The Kier molecular flexibility index (Phi) is 5.27. The van der Waals surface area contributed by atoms with Crippen molar-refractivity contribution in [2.45, 2.75) is 37.5 Å². The van der Waals surface area contributed by atoms with Crippen LogP contribution in [0.25, 0.3) is 0 Å². The van der Waals surface area contributed by atoms with Gasteiger partial charge in [0.2, 0.25) is 0 Å². The number of ether oxygens (including phenoxy) is 1. The second-order valence-corrected chi connectivity index (χ2v) is 7.11. The highest BCUT2D eigenvalue weighted by Gasteiger charge is 2.15. The molecular formula is C11H18N2O2S2. The van der Waals surface area contributed by atoms with Gasteiger partial charge < -0.3 is 10.1 Å². The third-order valence-corrected chi connectivity index (χ3v) is 3.72. The molecule has 0 saturated heterocycles. The summed E-state index contributed by atoms with van der Waals surface area (Å²) in [6, 6.07) is 0. The Morgan fingerprint density at radius 2 is 2.29 bits per heavy atom. The lowest BCUT2D eigenvalue weighted by Gasteiger charge is -2.19. The molecule has 1 heterocycles. The molecule has 0 spiro atoms. The van der Waals surface area contributed by atoms with Crippen molar-refractivity contribution in [2.75, 3.05) is 12.3 Å². The van der Waals surface area contributed by atoms with Crippen molar-refractivity contribution in [3.63, 3.8) is 0 Å². The fraction of sp³-hybridized carbons (Fsp3) is 0.636. The summed E-state index contributed by atoms with van der Waals surface area (Å²) >= 11 is 3.35. The van der Waals surface area contributed by atoms with Gasteiger partial charge in [0, 0.05) is 12.3 Å². The Hall–Kier alpha value is -0.750. The van der Waals surface area contributed by atoms with Crippen molar-refractivity contribution in [3.8, 4) is 0 Å². The quantitative estimate of drug-likeness (QED) is 0.677. The first-order valence-corrected chi connectivity index (χ1v) is 7.19. The monoisotopic (exact) mass is 274 g/mol. The number of nitrogens with one attached hydrogen (secondary N) is 1. The molecule has 0 aliphatic heterocycles. The van der Waals surface area contributed by atoms with Crippen molar-refractivity contribution >= 4 is 29.2 Å². The van der Waals surface area contributed by atoms with Gasteiger partial charge in [0.25, 0.3) is 0 Å². The minimum Gasteiger partial charge on any atom is -0.444 e. The van der Waals surface area contributed by atoms with Gasteiger partial charge in [-0.05, 0) is 27.7 Å². The number of hydrogen-bond acceptors (Lipinski definition) is 5. The van der Waals surface area contributed by atoms with E-state index in [0.717, 1.165) is 10.8 Å². The van der Waals surface area contributed by atoms with Crippen LogP contribution in [-0.2, 0) is 4.74 Å². The van der Waals surface area contributed by atoms with Crippen molar-refractivity contribution in [1.82, 2.24) is 10.3 Å². The highest BCUT2D eigenvalue weighted by atomic mass is 32.2. The number of thiazole rings is 1. The largest absolute Gasteiger partial charge is 0.444 e. The zero-order valence-electron chi connectivity index (χ0n) is 10.6. The first-order chi connectivity index (χ1) is 7.87. The van der Waals surface area contributed by atoms with Gasteiger partial charge in [-0.3, -0.25) is 0 Å². The molecule has 0 radical (unpaired) electrons. The SMILES string of the molecule is Cc1ncc(SCCNC(=O)OC(C)(C)C)s1. The summed E-state index contributed by atoms with van der Waals surface area (Å²) in [5, 5.41) is 3.78. The number of rotatable bonds is 4. The topological polar surface area (TPSA) is 51.2 Å². The minimum atomic E-state index is -0.438. The van der Waals surface area contributed by atoms with Crippen LogP contribution in [0.3, 0.4) is 0 Å². The smallest absolute Gasteiger partial charge is 0.407 e. The molecular weight excluding hydrogens is 256 g/mol. The van der Waals surface area contributed by atoms with Gasteiger partial charge in [-0.25, -0.2) is 9.78 Å². The molecule has 1 aromatic rings. The van der Waals surface area contributed by atoms with Crippen LogP contribution < -0.4 is 5.32 Å². The van der Waals surface area contributed by atoms with Crippen molar-refractivity contribution in [1.29, 1.82) is 0 Å². The molecule has 1 amide bonds. The Morgan fingerprint density at radius 3 is 2.82 bits per heavy atom. The van der Waals surface area contributed by atoms with Gasteiger partial charge in [0.15, 0.2) is 0 Å². The number of aromatic nitrogens is 1. The van der Waals surface area contributed by atoms with E-state index < -0.39 is 5.60 Å².